The molecule has 0 saturated heterocycles. The van der Waals surface area contributed by atoms with Gasteiger partial charge in [0.15, 0.2) is 0 Å². The van der Waals surface area contributed by atoms with Gasteiger partial charge in [-0.1, -0.05) is 30.3 Å². The molecule has 0 radical (unpaired) electrons. The highest BCUT2D eigenvalue weighted by Crippen LogP contribution is 2.16. The number of rotatable bonds is 3. The zero-order valence-electron chi connectivity index (χ0n) is 9.04. The van der Waals surface area contributed by atoms with Gasteiger partial charge >= 0.3 is 0 Å². The number of hydrogen-bond acceptors (Lipinski definition) is 2. The Labute approximate surface area is 89.5 Å². The second kappa shape index (κ2) is 4.17. The molecular formula is C12H15N3. The minimum atomic E-state index is 0.835. The van der Waals surface area contributed by atoms with E-state index >= 15 is 0 Å². The molecule has 2 N–H and O–H groups in total. The predicted molar refractivity (Wildman–Crippen MR) is 61.8 cm³/mol. The molecule has 3 nitrogen and oxygen atoms in total. The largest absolute Gasteiger partial charge is 0.378 e. The lowest BCUT2D eigenvalue weighted by atomic mass is 10.2. The van der Waals surface area contributed by atoms with E-state index in [9.17, 15) is 0 Å². The summed E-state index contributed by atoms with van der Waals surface area (Å²) in [5.74, 6) is 0. The molecule has 0 aliphatic heterocycles. The van der Waals surface area contributed by atoms with Crippen LogP contribution in [0.4, 0.5) is 5.69 Å². The molecule has 0 fully saturated rings. The molecule has 0 bridgehead atoms. The number of benzene rings is 1. The molecule has 1 heterocycles. The standard InChI is InChI=1S/C12H15N3/c1-9-12(10(2)15-14-9)13-8-11-6-4-3-5-7-11/h3-7,13H,8H2,1-2H3,(H,14,15). The fraction of sp³-hybridized carbons (Fsp3) is 0.250. The molecule has 2 rings (SSSR count). The van der Waals surface area contributed by atoms with E-state index in [1.54, 1.807) is 0 Å². The van der Waals surface area contributed by atoms with Crippen LogP contribution < -0.4 is 5.32 Å². The SMILES string of the molecule is Cc1n[nH]c(C)c1NCc1ccccc1. The smallest absolute Gasteiger partial charge is 0.0825 e. The molecule has 0 aliphatic rings. The van der Waals surface area contributed by atoms with E-state index in [1.165, 1.54) is 5.56 Å². The van der Waals surface area contributed by atoms with Crippen molar-refractivity contribution in [1.29, 1.82) is 0 Å². The van der Waals surface area contributed by atoms with E-state index in [4.69, 9.17) is 0 Å². The lowest BCUT2D eigenvalue weighted by molar-refractivity contribution is 1.02. The zero-order chi connectivity index (χ0) is 10.7. The van der Waals surface area contributed by atoms with Crippen LogP contribution in [0.2, 0.25) is 0 Å². The predicted octanol–water partition coefficient (Wildman–Crippen LogP) is 2.64. The summed E-state index contributed by atoms with van der Waals surface area (Å²) in [6.07, 6.45) is 0. The Kier molecular flexibility index (Phi) is 2.72. The number of H-pyrrole nitrogens is 1. The van der Waals surface area contributed by atoms with Gasteiger partial charge in [0.2, 0.25) is 0 Å². The molecule has 1 aromatic heterocycles. The Balaban J connectivity index is 2.05. The van der Waals surface area contributed by atoms with Crippen LogP contribution in [-0.4, -0.2) is 10.2 Å². The van der Waals surface area contributed by atoms with Crippen molar-refractivity contribution in [3.05, 3.63) is 47.3 Å². The van der Waals surface area contributed by atoms with Crippen molar-refractivity contribution >= 4 is 5.69 Å². The fourth-order valence-electron chi connectivity index (χ4n) is 1.60. The average Bonchev–Trinajstić information content (AvgIpc) is 2.58. The summed E-state index contributed by atoms with van der Waals surface area (Å²) in [5, 5.41) is 10.5. The first kappa shape index (κ1) is 9.77. The van der Waals surface area contributed by atoms with E-state index in [2.05, 4.69) is 27.6 Å². The van der Waals surface area contributed by atoms with Gasteiger partial charge in [-0.3, -0.25) is 5.10 Å². The van der Waals surface area contributed by atoms with E-state index in [1.807, 2.05) is 32.0 Å². The molecule has 78 valence electrons. The molecule has 0 atom stereocenters. The van der Waals surface area contributed by atoms with Crippen LogP contribution in [0.25, 0.3) is 0 Å². The van der Waals surface area contributed by atoms with Crippen molar-refractivity contribution in [2.24, 2.45) is 0 Å². The molecule has 0 spiro atoms. The van der Waals surface area contributed by atoms with E-state index in [0.717, 1.165) is 23.6 Å². The van der Waals surface area contributed by atoms with Crippen molar-refractivity contribution in [2.75, 3.05) is 5.32 Å². The Morgan fingerprint density at radius 2 is 1.93 bits per heavy atom. The summed E-state index contributed by atoms with van der Waals surface area (Å²) in [7, 11) is 0. The molecule has 1 aromatic carbocycles. The highest BCUT2D eigenvalue weighted by atomic mass is 15.1. The third-order valence-corrected chi connectivity index (χ3v) is 2.44. The Morgan fingerprint density at radius 1 is 1.20 bits per heavy atom. The van der Waals surface area contributed by atoms with Gasteiger partial charge in [-0.15, -0.1) is 0 Å². The zero-order valence-corrected chi connectivity index (χ0v) is 9.04. The van der Waals surface area contributed by atoms with Crippen LogP contribution in [0.5, 0.6) is 0 Å². The first-order valence-corrected chi connectivity index (χ1v) is 5.07. The highest BCUT2D eigenvalue weighted by Gasteiger charge is 2.04. The molecule has 0 amide bonds. The normalized spacial score (nSPS) is 10.3. The number of hydrogen-bond donors (Lipinski definition) is 2. The monoisotopic (exact) mass is 201 g/mol. The number of aromatic nitrogens is 2. The summed E-state index contributed by atoms with van der Waals surface area (Å²) in [6.45, 7) is 4.85. The summed E-state index contributed by atoms with van der Waals surface area (Å²) in [6, 6.07) is 10.3. The average molecular weight is 201 g/mol. The van der Waals surface area contributed by atoms with Crippen LogP contribution >= 0.6 is 0 Å². The Morgan fingerprint density at radius 3 is 2.53 bits per heavy atom. The molecule has 0 unspecified atom stereocenters. The van der Waals surface area contributed by atoms with Crippen LogP contribution in [0.15, 0.2) is 30.3 Å². The maximum absolute atomic E-state index is 4.14. The van der Waals surface area contributed by atoms with Crippen molar-refractivity contribution in [3.8, 4) is 0 Å². The molecule has 15 heavy (non-hydrogen) atoms. The number of aromatic amines is 1. The second-order valence-corrected chi connectivity index (χ2v) is 3.65. The van der Waals surface area contributed by atoms with Crippen LogP contribution in [0, 0.1) is 13.8 Å². The van der Waals surface area contributed by atoms with Crippen molar-refractivity contribution < 1.29 is 0 Å². The molecule has 0 saturated carbocycles. The minimum Gasteiger partial charge on any atom is -0.378 e. The Bertz CT molecular complexity index is 412. The number of aryl methyl sites for hydroxylation is 2. The lowest BCUT2D eigenvalue weighted by Crippen LogP contribution is -2.00. The van der Waals surface area contributed by atoms with Gasteiger partial charge in [0.1, 0.15) is 0 Å². The number of nitrogens with zero attached hydrogens (tertiary/aromatic N) is 1. The molecule has 0 aliphatic carbocycles. The van der Waals surface area contributed by atoms with Gasteiger partial charge in [0.25, 0.3) is 0 Å². The Hall–Kier alpha value is -1.77. The molecule has 3 heteroatoms. The van der Waals surface area contributed by atoms with E-state index < -0.39 is 0 Å². The summed E-state index contributed by atoms with van der Waals surface area (Å²) < 4.78 is 0. The minimum absolute atomic E-state index is 0.835. The maximum atomic E-state index is 4.14. The van der Waals surface area contributed by atoms with Gasteiger partial charge in [0.05, 0.1) is 17.1 Å². The van der Waals surface area contributed by atoms with Crippen molar-refractivity contribution in [1.82, 2.24) is 10.2 Å². The van der Waals surface area contributed by atoms with Gasteiger partial charge < -0.3 is 5.32 Å². The van der Waals surface area contributed by atoms with Gasteiger partial charge in [-0.2, -0.15) is 5.10 Å². The van der Waals surface area contributed by atoms with E-state index in [-0.39, 0.29) is 0 Å². The van der Waals surface area contributed by atoms with Crippen LogP contribution in [0.3, 0.4) is 0 Å². The number of nitrogens with one attached hydrogen (secondary N) is 2. The first-order valence-electron chi connectivity index (χ1n) is 5.07. The third kappa shape index (κ3) is 2.18. The quantitative estimate of drug-likeness (QED) is 0.801. The van der Waals surface area contributed by atoms with Crippen LogP contribution in [-0.2, 0) is 6.54 Å². The lowest BCUT2D eigenvalue weighted by Gasteiger charge is -2.05. The van der Waals surface area contributed by atoms with E-state index in [0.29, 0.717) is 0 Å². The third-order valence-electron chi connectivity index (χ3n) is 2.44. The van der Waals surface area contributed by atoms with Crippen molar-refractivity contribution in [2.45, 2.75) is 20.4 Å². The molecular weight excluding hydrogens is 186 g/mol. The topological polar surface area (TPSA) is 40.7 Å². The fourth-order valence-corrected chi connectivity index (χ4v) is 1.60. The first-order chi connectivity index (χ1) is 7.27. The maximum Gasteiger partial charge on any atom is 0.0825 e. The van der Waals surface area contributed by atoms with Crippen molar-refractivity contribution in [3.63, 3.8) is 0 Å². The summed E-state index contributed by atoms with van der Waals surface area (Å²) >= 11 is 0. The van der Waals surface area contributed by atoms with Gasteiger partial charge in [-0.25, -0.2) is 0 Å². The second-order valence-electron chi connectivity index (χ2n) is 3.65. The summed E-state index contributed by atoms with van der Waals surface area (Å²) in [4.78, 5) is 0. The molecule has 2 aromatic rings. The van der Waals surface area contributed by atoms with Gasteiger partial charge in [0, 0.05) is 6.54 Å². The highest BCUT2D eigenvalue weighted by molar-refractivity contribution is 5.51. The summed E-state index contributed by atoms with van der Waals surface area (Å²) in [5.41, 5.74) is 4.49. The van der Waals surface area contributed by atoms with Crippen LogP contribution in [0.1, 0.15) is 17.0 Å². The number of anilines is 1. The van der Waals surface area contributed by atoms with Gasteiger partial charge in [-0.05, 0) is 19.4 Å².